The number of nitrogens with zero attached hydrogens (tertiary/aromatic N) is 2. The summed E-state index contributed by atoms with van der Waals surface area (Å²) in [7, 11) is 0. The van der Waals surface area contributed by atoms with Crippen LogP contribution in [0.4, 0.5) is 5.69 Å². The Morgan fingerprint density at radius 1 is 1.20 bits per heavy atom. The van der Waals surface area contributed by atoms with E-state index in [2.05, 4.69) is 5.32 Å². The van der Waals surface area contributed by atoms with E-state index in [4.69, 9.17) is 5.26 Å². The first-order chi connectivity index (χ1) is 12.1. The first-order valence-corrected chi connectivity index (χ1v) is 7.78. The predicted octanol–water partition coefficient (Wildman–Crippen LogP) is 3.25. The average molecular weight is 335 g/mol. The smallest absolute Gasteiger partial charge is 0.270 e. The molecule has 0 aliphatic rings. The molecule has 6 nitrogen and oxygen atoms in total. The van der Waals surface area contributed by atoms with Crippen molar-refractivity contribution in [1.29, 1.82) is 5.26 Å². The monoisotopic (exact) mass is 335 g/mol. The first kappa shape index (κ1) is 17.9. The van der Waals surface area contributed by atoms with Crippen LogP contribution in [0.25, 0.3) is 6.08 Å². The summed E-state index contributed by atoms with van der Waals surface area (Å²) >= 11 is 0. The number of hydrogen-bond acceptors (Lipinski definition) is 4. The Labute approximate surface area is 145 Å². The average Bonchev–Trinajstić information content (AvgIpc) is 2.64. The lowest BCUT2D eigenvalue weighted by atomic mass is 10.1. The summed E-state index contributed by atoms with van der Waals surface area (Å²) in [5.74, 6) is -0.484. The Hall–Kier alpha value is -3.46. The van der Waals surface area contributed by atoms with Gasteiger partial charge in [-0.25, -0.2) is 0 Å². The minimum Gasteiger partial charge on any atom is -0.351 e. The number of carbonyl (C=O) groups excluding carboxylic acids is 1. The maximum absolute atomic E-state index is 12.1. The Kier molecular flexibility index (Phi) is 6.43. The van der Waals surface area contributed by atoms with Crippen molar-refractivity contribution in [3.8, 4) is 6.07 Å². The molecule has 0 saturated heterocycles. The number of nitro groups is 1. The number of nitro benzene ring substituents is 1. The van der Waals surface area contributed by atoms with Crippen molar-refractivity contribution in [3.63, 3.8) is 0 Å². The summed E-state index contributed by atoms with van der Waals surface area (Å²) in [6.07, 6.45) is 2.93. The number of benzene rings is 2. The summed E-state index contributed by atoms with van der Waals surface area (Å²) in [5.41, 5.74) is 1.45. The van der Waals surface area contributed by atoms with Crippen LogP contribution in [0.5, 0.6) is 0 Å². The summed E-state index contributed by atoms with van der Waals surface area (Å²) in [4.78, 5) is 22.3. The predicted molar refractivity (Wildman–Crippen MR) is 94.5 cm³/mol. The fraction of sp³-hybridized carbons (Fsp3) is 0.158. The summed E-state index contributed by atoms with van der Waals surface area (Å²) < 4.78 is 0. The van der Waals surface area contributed by atoms with E-state index >= 15 is 0 Å². The molecular weight excluding hydrogens is 318 g/mol. The van der Waals surface area contributed by atoms with E-state index in [1.807, 2.05) is 36.4 Å². The largest absolute Gasteiger partial charge is 0.351 e. The van der Waals surface area contributed by atoms with Crippen molar-refractivity contribution < 1.29 is 9.72 Å². The Morgan fingerprint density at radius 2 is 1.96 bits per heavy atom. The number of carbonyl (C=O) groups is 1. The number of nitrogens with one attached hydrogen (secondary N) is 1. The molecule has 0 atom stereocenters. The number of hydrogen-bond donors (Lipinski definition) is 1. The standard InChI is InChI=1S/C19H17N3O3/c20-14-17(12-16-8-4-10-18(13-16)22(24)25)19(23)21-11-5-9-15-6-2-1-3-7-15/h1-4,6-8,10,12-13H,5,9,11H2,(H,21,23)/b17-12-. The number of amides is 1. The van der Waals surface area contributed by atoms with Gasteiger partial charge in [0.15, 0.2) is 0 Å². The van der Waals surface area contributed by atoms with Crippen molar-refractivity contribution in [2.45, 2.75) is 12.8 Å². The van der Waals surface area contributed by atoms with E-state index in [1.54, 1.807) is 6.07 Å². The normalized spacial score (nSPS) is 10.8. The summed E-state index contributed by atoms with van der Waals surface area (Å²) in [5, 5.41) is 22.6. The quantitative estimate of drug-likeness (QED) is 0.276. The van der Waals surface area contributed by atoms with Gasteiger partial charge in [0.1, 0.15) is 11.6 Å². The molecule has 0 unspecified atom stereocenters. The topological polar surface area (TPSA) is 96.0 Å². The lowest BCUT2D eigenvalue weighted by molar-refractivity contribution is -0.384. The van der Waals surface area contributed by atoms with Crippen LogP contribution in [0.3, 0.4) is 0 Å². The maximum atomic E-state index is 12.1. The molecule has 0 spiro atoms. The molecule has 2 aromatic rings. The molecule has 126 valence electrons. The summed E-state index contributed by atoms with van der Waals surface area (Å²) in [6.45, 7) is 0.446. The zero-order chi connectivity index (χ0) is 18.1. The van der Waals surface area contributed by atoms with Crippen LogP contribution < -0.4 is 5.32 Å². The number of non-ortho nitro benzene ring substituents is 1. The third kappa shape index (κ3) is 5.59. The minimum atomic E-state index is -0.521. The van der Waals surface area contributed by atoms with Crippen molar-refractivity contribution in [2.24, 2.45) is 0 Å². The van der Waals surface area contributed by atoms with E-state index < -0.39 is 10.8 Å². The van der Waals surface area contributed by atoms with Gasteiger partial charge in [0, 0.05) is 18.7 Å². The molecule has 25 heavy (non-hydrogen) atoms. The Balaban J connectivity index is 1.93. The second-order valence-electron chi connectivity index (χ2n) is 5.37. The molecule has 1 amide bonds. The molecule has 0 aliphatic carbocycles. The van der Waals surface area contributed by atoms with Crippen LogP contribution in [-0.4, -0.2) is 17.4 Å². The van der Waals surface area contributed by atoms with Crippen LogP contribution in [0, 0.1) is 21.4 Å². The molecule has 2 aromatic carbocycles. The van der Waals surface area contributed by atoms with Gasteiger partial charge in [-0.15, -0.1) is 0 Å². The van der Waals surface area contributed by atoms with Gasteiger partial charge in [0.2, 0.25) is 0 Å². The van der Waals surface area contributed by atoms with E-state index in [1.165, 1.54) is 29.8 Å². The van der Waals surface area contributed by atoms with E-state index in [9.17, 15) is 14.9 Å². The van der Waals surface area contributed by atoms with Gasteiger partial charge < -0.3 is 5.32 Å². The van der Waals surface area contributed by atoms with E-state index in [0.717, 1.165) is 12.8 Å². The van der Waals surface area contributed by atoms with Gasteiger partial charge in [0.05, 0.1) is 4.92 Å². The fourth-order valence-corrected chi connectivity index (χ4v) is 2.28. The molecule has 6 heteroatoms. The molecule has 0 bridgehead atoms. The second-order valence-corrected chi connectivity index (χ2v) is 5.37. The lowest BCUT2D eigenvalue weighted by Gasteiger charge is -2.05. The lowest BCUT2D eigenvalue weighted by Crippen LogP contribution is -2.25. The number of aryl methyl sites for hydroxylation is 1. The molecule has 0 aliphatic heterocycles. The SMILES string of the molecule is N#C/C(=C/c1cccc([N+](=O)[O-])c1)C(=O)NCCCc1ccccc1. The van der Waals surface area contributed by atoms with Crippen LogP contribution in [0.1, 0.15) is 17.5 Å². The maximum Gasteiger partial charge on any atom is 0.270 e. The van der Waals surface area contributed by atoms with E-state index in [-0.39, 0.29) is 11.3 Å². The van der Waals surface area contributed by atoms with Crippen LogP contribution in [-0.2, 0) is 11.2 Å². The van der Waals surface area contributed by atoms with Crippen molar-refractivity contribution >= 4 is 17.7 Å². The zero-order valence-corrected chi connectivity index (χ0v) is 13.5. The van der Waals surface area contributed by atoms with Crippen LogP contribution >= 0.6 is 0 Å². The van der Waals surface area contributed by atoms with Gasteiger partial charge in [0.25, 0.3) is 11.6 Å². The van der Waals surface area contributed by atoms with Crippen LogP contribution in [0.15, 0.2) is 60.2 Å². The third-order valence-corrected chi connectivity index (χ3v) is 3.53. The molecule has 0 radical (unpaired) electrons. The van der Waals surface area contributed by atoms with Crippen molar-refractivity contribution in [3.05, 3.63) is 81.4 Å². The highest BCUT2D eigenvalue weighted by molar-refractivity contribution is 6.01. The highest BCUT2D eigenvalue weighted by Gasteiger charge is 2.10. The van der Waals surface area contributed by atoms with Gasteiger partial charge in [-0.1, -0.05) is 42.5 Å². The highest BCUT2D eigenvalue weighted by atomic mass is 16.6. The zero-order valence-electron chi connectivity index (χ0n) is 13.5. The Bertz CT molecular complexity index is 823. The second kappa shape index (κ2) is 8.99. The number of rotatable bonds is 7. The van der Waals surface area contributed by atoms with Gasteiger partial charge in [-0.3, -0.25) is 14.9 Å². The molecule has 0 fully saturated rings. The van der Waals surface area contributed by atoms with Gasteiger partial charge in [-0.05, 0) is 30.0 Å². The fourth-order valence-electron chi connectivity index (χ4n) is 2.28. The van der Waals surface area contributed by atoms with Gasteiger partial charge in [-0.2, -0.15) is 5.26 Å². The van der Waals surface area contributed by atoms with Crippen molar-refractivity contribution in [2.75, 3.05) is 6.54 Å². The number of nitriles is 1. The molecule has 0 heterocycles. The molecule has 1 N–H and O–H groups in total. The molecule has 0 saturated carbocycles. The highest BCUT2D eigenvalue weighted by Crippen LogP contribution is 2.15. The van der Waals surface area contributed by atoms with Crippen LogP contribution in [0.2, 0.25) is 0 Å². The molecular formula is C19H17N3O3. The molecule has 2 rings (SSSR count). The minimum absolute atomic E-state index is 0.0831. The summed E-state index contributed by atoms with van der Waals surface area (Å²) in [6, 6.07) is 17.5. The van der Waals surface area contributed by atoms with E-state index in [0.29, 0.717) is 12.1 Å². The third-order valence-electron chi connectivity index (χ3n) is 3.53. The van der Waals surface area contributed by atoms with Gasteiger partial charge >= 0.3 is 0 Å². The molecule has 0 aromatic heterocycles. The van der Waals surface area contributed by atoms with Crippen molar-refractivity contribution in [1.82, 2.24) is 5.32 Å². The first-order valence-electron chi connectivity index (χ1n) is 7.78. The Morgan fingerprint density at radius 3 is 2.64 bits per heavy atom.